The van der Waals surface area contributed by atoms with Crippen LogP contribution in [0.15, 0.2) is 5.16 Å². The van der Waals surface area contributed by atoms with Gasteiger partial charge in [0.15, 0.2) is 5.82 Å². The number of hydrogen-bond donors (Lipinski definition) is 1. The molecule has 19 heavy (non-hydrogen) atoms. The lowest BCUT2D eigenvalue weighted by Gasteiger charge is -2.23. The van der Waals surface area contributed by atoms with Crippen molar-refractivity contribution in [2.45, 2.75) is 31.0 Å². The third kappa shape index (κ3) is 4.18. The minimum absolute atomic E-state index is 0.733. The molecule has 110 valence electrons. The molecule has 0 aliphatic rings. The Hall–Kier alpha value is -0.613. The average Bonchev–Trinajstić information content (AvgIpc) is 2.80. The van der Waals surface area contributed by atoms with Crippen LogP contribution in [0.5, 0.6) is 0 Å². The van der Waals surface area contributed by atoms with Gasteiger partial charge in [0.25, 0.3) is 0 Å². The molecule has 0 bridgehead atoms. The summed E-state index contributed by atoms with van der Waals surface area (Å²) in [5, 5.41) is 8.79. The van der Waals surface area contributed by atoms with Crippen LogP contribution in [0.3, 0.4) is 0 Å². The molecule has 0 amide bonds. The fraction of sp³-hybridized carbons (Fsp3) is 0.800. The molecule has 0 spiro atoms. The van der Waals surface area contributed by atoms with Crippen molar-refractivity contribution in [3.05, 3.63) is 5.82 Å². The average molecular weight is 306 g/mol. The van der Waals surface area contributed by atoms with Crippen molar-refractivity contribution in [1.29, 1.82) is 0 Å². The van der Waals surface area contributed by atoms with E-state index in [9.17, 15) is 0 Å². The Morgan fingerprint density at radius 2 is 1.84 bits per heavy atom. The van der Waals surface area contributed by atoms with Gasteiger partial charge in [0.1, 0.15) is 0 Å². The highest BCUT2D eigenvalue weighted by Gasteiger charge is 2.36. The summed E-state index contributed by atoms with van der Waals surface area (Å²) in [6, 6.07) is 0.767. The Kier molecular flexibility index (Phi) is 6.79. The molecule has 9 heteroatoms. The van der Waals surface area contributed by atoms with Crippen LogP contribution in [0, 0.1) is 0 Å². The van der Waals surface area contributed by atoms with Crippen molar-refractivity contribution in [2.24, 2.45) is 0 Å². The monoisotopic (exact) mass is 306 g/mol. The Bertz CT molecular complexity index is 379. The van der Waals surface area contributed by atoms with Crippen LogP contribution in [0.25, 0.3) is 0 Å². The molecule has 7 nitrogen and oxygen atoms in total. The lowest BCUT2D eigenvalue weighted by atomic mass is 10.5. The predicted molar refractivity (Wildman–Crippen MR) is 76.5 cm³/mol. The molecule has 1 aromatic heterocycles. The maximum atomic E-state index is 5.87. The summed E-state index contributed by atoms with van der Waals surface area (Å²) < 4.78 is 17.6. The first-order valence-electron chi connectivity index (χ1n) is 6.10. The van der Waals surface area contributed by atoms with Gasteiger partial charge in [0.2, 0.25) is 5.16 Å². The summed E-state index contributed by atoms with van der Waals surface area (Å²) in [4.78, 5) is 0. The second kappa shape index (κ2) is 7.85. The van der Waals surface area contributed by atoms with Crippen molar-refractivity contribution in [1.82, 2.24) is 14.9 Å². The first-order chi connectivity index (χ1) is 9.12. The second-order valence-electron chi connectivity index (χ2n) is 3.87. The van der Waals surface area contributed by atoms with Gasteiger partial charge in [0.05, 0.1) is 0 Å². The van der Waals surface area contributed by atoms with Crippen molar-refractivity contribution in [2.75, 3.05) is 32.9 Å². The van der Waals surface area contributed by atoms with E-state index in [0.29, 0.717) is 0 Å². The normalized spacial score (nSPS) is 12.0. The first kappa shape index (κ1) is 16.4. The van der Waals surface area contributed by atoms with Crippen LogP contribution in [-0.2, 0) is 19.7 Å². The summed E-state index contributed by atoms with van der Waals surface area (Å²) in [5.74, 6) is 7.52. The fourth-order valence-corrected chi connectivity index (χ4v) is 4.45. The number of rotatable bonds is 9. The van der Waals surface area contributed by atoms with E-state index in [1.807, 2.05) is 6.92 Å². The van der Waals surface area contributed by atoms with Gasteiger partial charge in [-0.05, 0) is 6.42 Å². The lowest BCUT2D eigenvalue weighted by Crippen LogP contribution is -2.42. The van der Waals surface area contributed by atoms with Crippen molar-refractivity contribution in [3.63, 3.8) is 0 Å². The van der Waals surface area contributed by atoms with Gasteiger partial charge in [-0.25, -0.2) is 4.68 Å². The highest BCUT2D eigenvalue weighted by molar-refractivity contribution is 7.99. The summed E-state index contributed by atoms with van der Waals surface area (Å²) in [5.41, 5.74) is 0. The highest BCUT2D eigenvalue weighted by atomic mass is 32.2. The SMILES string of the molecule is CCc1nnc(SCCC[Si](OC)(OC)OC)n1N. The Balaban J connectivity index is 2.40. The third-order valence-electron chi connectivity index (χ3n) is 2.84. The van der Waals surface area contributed by atoms with E-state index < -0.39 is 8.80 Å². The van der Waals surface area contributed by atoms with Crippen molar-refractivity contribution in [3.8, 4) is 0 Å². The van der Waals surface area contributed by atoms with Gasteiger partial charge in [0, 0.05) is 39.5 Å². The van der Waals surface area contributed by atoms with Crippen LogP contribution < -0.4 is 5.84 Å². The van der Waals surface area contributed by atoms with Gasteiger partial charge in [-0.2, -0.15) is 0 Å². The molecular weight excluding hydrogens is 284 g/mol. The van der Waals surface area contributed by atoms with Crippen LogP contribution in [-0.4, -0.2) is 50.8 Å². The molecule has 0 aliphatic carbocycles. The number of nitrogen functional groups attached to an aromatic ring is 1. The number of aryl methyl sites for hydroxylation is 1. The minimum Gasteiger partial charge on any atom is -0.377 e. The molecule has 1 heterocycles. The van der Waals surface area contributed by atoms with Gasteiger partial charge < -0.3 is 19.1 Å². The maximum Gasteiger partial charge on any atom is 0.500 e. The zero-order valence-electron chi connectivity index (χ0n) is 11.9. The minimum atomic E-state index is -2.46. The molecule has 0 atom stereocenters. The van der Waals surface area contributed by atoms with E-state index in [0.717, 1.165) is 35.6 Å². The van der Waals surface area contributed by atoms with E-state index in [2.05, 4.69) is 10.2 Å². The Morgan fingerprint density at radius 1 is 1.21 bits per heavy atom. The zero-order valence-corrected chi connectivity index (χ0v) is 13.7. The maximum absolute atomic E-state index is 5.87. The van der Waals surface area contributed by atoms with Crippen LogP contribution in [0.1, 0.15) is 19.2 Å². The molecule has 0 fully saturated rings. The number of hydrogen-bond acceptors (Lipinski definition) is 7. The molecule has 2 N–H and O–H groups in total. The van der Waals surface area contributed by atoms with Crippen LogP contribution in [0.2, 0.25) is 6.04 Å². The van der Waals surface area contributed by atoms with Gasteiger partial charge >= 0.3 is 8.80 Å². The first-order valence-corrected chi connectivity index (χ1v) is 9.01. The number of nitrogens with zero attached hydrogens (tertiary/aromatic N) is 3. The standard InChI is InChI=1S/C10H22N4O3SSi/c1-5-9-12-13-10(14(9)11)18-7-6-8-19(15-2,16-3)17-4/h5-8,11H2,1-4H3. The van der Waals surface area contributed by atoms with Crippen molar-refractivity contribution >= 4 is 20.6 Å². The molecule has 0 aromatic carbocycles. The van der Waals surface area contributed by atoms with E-state index in [-0.39, 0.29) is 0 Å². The van der Waals surface area contributed by atoms with Crippen LogP contribution in [0.4, 0.5) is 0 Å². The number of nitrogens with two attached hydrogens (primary N) is 1. The molecular formula is C10H22N4O3SSi. The molecule has 0 saturated carbocycles. The molecule has 0 unspecified atom stereocenters. The Morgan fingerprint density at radius 3 is 2.32 bits per heavy atom. The van der Waals surface area contributed by atoms with Gasteiger partial charge in [-0.1, -0.05) is 18.7 Å². The van der Waals surface area contributed by atoms with E-state index in [1.165, 1.54) is 4.68 Å². The number of thioether (sulfide) groups is 1. The van der Waals surface area contributed by atoms with E-state index >= 15 is 0 Å². The van der Waals surface area contributed by atoms with Crippen LogP contribution >= 0.6 is 11.8 Å². The summed E-state index contributed by atoms with van der Waals surface area (Å²) in [6.07, 6.45) is 1.68. The zero-order chi connectivity index (χ0) is 14.3. The van der Waals surface area contributed by atoms with E-state index in [4.69, 9.17) is 19.1 Å². The molecule has 0 aliphatic heterocycles. The fourth-order valence-electron chi connectivity index (χ4n) is 1.66. The third-order valence-corrected chi connectivity index (χ3v) is 6.70. The molecule has 1 rings (SSSR count). The molecule has 0 radical (unpaired) electrons. The smallest absolute Gasteiger partial charge is 0.377 e. The Labute approximate surface area is 119 Å². The summed E-state index contributed by atoms with van der Waals surface area (Å²) in [7, 11) is 2.41. The number of aromatic nitrogens is 3. The lowest BCUT2D eigenvalue weighted by molar-refractivity contribution is 0.123. The van der Waals surface area contributed by atoms with Gasteiger partial charge in [-0.15, -0.1) is 10.2 Å². The largest absolute Gasteiger partial charge is 0.500 e. The highest BCUT2D eigenvalue weighted by Crippen LogP contribution is 2.20. The topological polar surface area (TPSA) is 84.4 Å². The predicted octanol–water partition coefficient (Wildman–Crippen LogP) is 0.915. The summed E-state index contributed by atoms with van der Waals surface area (Å²) >= 11 is 1.58. The molecule has 0 saturated heterocycles. The van der Waals surface area contributed by atoms with E-state index in [1.54, 1.807) is 33.1 Å². The second-order valence-corrected chi connectivity index (χ2v) is 8.02. The van der Waals surface area contributed by atoms with Crippen molar-refractivity contribution < 1.29 is 13.3 Å². The van der Waals surface area contributed by atoms with Gasteiger partial charge in [-0.3, -0.25) is 0 Å². The summed E-state index contributed by atoms with van der Waals surface area (Å²) in [6.45, 7) is 2.00. The molecule has 1 aromatic rings. The quantitative estimate of drug-likeness (QED) is 0.314.